The van der Waals surface area contributed by atoms with Crippen LogP contribution < -0.4 is 20.3 Å². The number of alkyl halides is 3. The molecule has 170 valence electrons. The molecule has 0 fully saturated rings. The molecule has 1 heterocycles. The summed E-state index contributed by atoms with van der Waals surface area (Å²) in [4.78, 5) is 16.8. The first kappa shape index (κ1) is 23.2. The zero-order valence-electron chi connectivity index (χ0n) is 17.8. The predicted molar refractivity (Wildman–Crippen MR) is 116 cm³/mol. The van der Waals surface area contributed by atoms with E-state index in [1.54, 1.807) is 0 Å². The van der Waals surface area contributed by atoms with Gasteiger partial charge in [0.1, 0.15) is 0 Å². The molecule has 3 aromatic rings. The minimum Gasteiger partial charge on any atom is -0.490 e. The van der Waals surface area contributed by atoms with E-state index in [0.717, 1.165) is 22.3 Å². The Morgan fingerprint density at radius 2 is 1.78 bits per heavy atom. The molecule has 0 saturated carbocycles. The third kappa shape index (κ3) is 5.60. The molecule has 0 spiro atoms. The molecule has 0 bridgehead atoms. The molecule has 0 aliphatic rings. The SMILES string of the molecule is CCOc1ccc(CCNc2nccn(-c3cccc(C(F)(F)F)c3)c2=O)cc1OCC. The van der Waals surface area contributed by atoms with Gasteiger partial charge in [-0.1, -0.05) is 12.1 Å². The molecule has 0 amide bonds. The highest BCUT2D eigenvalue weighted by Gasteiger charge is 2.30. The molecule has 3 rings (SSSR count). The Hall–Kier alpha value is -3.49. The van der Waals surface area contributed by atoms with E-state index >= 15 is 0 Å². The highest BCUT2D eigenvalue weighted by Crippen LogP contribution is 2.30. The topological polar surface area (TPSA) is 65.4 Å². The molecule has 0 radical (unpaired) electrons. The number of ether oxygens (including phenoxy) is 2. The number of hydrogen-bond acceptors (Lipinski definition) is 5. The van der Waals surface area contributed by atoms with Crippen LogP contribution >= 0.6 is 0 Å². The van der Waals surface area contributed by atoms with Gasteiger partial charge < -0.3 is 14.8 Å². The second-order valence-electron chi connectivity index (χ2n) is 6.82. The van der Waals surface area contributed by atoms with Crippen LogP contribution in [-0.4, -0.2) is 29.3 Å². The summed E-state index contributed by atoms with van der Waals surface area (Å²) in [5, 5.41) is 2.97. The quantitative estimate of drug-likeness (QED) is 0.515. The largest absolute Gasteiger partial charge is 0.490 e. The van der Waals surface area contributed by atoms with Crippen molar-refractivity contribution in [1.29, 1.82) is 0 Å². The van der Waals surface area contributed by atoms with E-state index in [0.29, 0.717) is 37.7 Å². The molecule has 0 saturated heterocycles. The number of rotatable bonds is 9. The Labute approximate surface area is 183 Å². The monoisotopic (exact) mass is 447 g/mol. The van der Waals surface area contributed by atoms with Crippen molar-refractivity contribution in [2.45, 2.75) is 26.4 Å². The second kappa shape index (κ2) is 10.2. The van der Waals surface area contributed by atoms with Gasteiger partial charge in [0.05, 0.1) is 18.8 Å². The number of nitrogens with one attached hydrogen (secondary N) is 1. The van der Waals surface area contributed by atoms with E-state index in [2.05, 4.69) is 10.3 Å². The summed E-state index contributed by atoms with van der Waals surface area (Å²) in [5.41, 5.74) is -0.274. The fourth-order valence-electron chi connectivity index (χ4n) is 3.14. The van der Waals surface area contributed by atoms with E-state index in [1.165, 1.54) is 24.5 Å². The summed E-state index contributed by atoms with van der Waals surface area (Å²) < 4.78 is 51.3. The van der Waals surface area contributed by atoms with E-state index in [1.807, 2.05) is 32.0 Å². The molecule has 0 unspecified atom stereocenters. The van der Waals surface area contributed by atoms with Gasteiger partial charge in [0.15, 0.2) is 17.3 Å². The minimum atomic E-state index is -4.49. The van der Waals surface area contributed by atoms with Crippen LogP contribution in [-0.2, 0) is 12.6 Å². The average molecular weight is 447 g/mol. The van der Waals surface area contributed by atoms with Crippen LogP contribution in [0.3, 0.4) is 0 Å². The summed E-state index contributed by atoms with van der Waals surface area (Å²) in [5.74, 6) is 1.37. The number of anilines is 1. The van der Waals surface area contributed by atoms with Crippen molar-refractivity contribution in [3.05, 3.63) is 76.3 Å². The van der Waals surface area contributed by atoms with Gasteiger partial charge in [0.2, 0.25) is 0 Å². The van der Waals surface area contributed by atoms with Gasteiger partial charge in [-0.15, -0.1) is 0 Å². The molecule has 0 aliphatic heterocycles. The maximum absolute atomic E-state index is 13.0. The molecule has 2 aromatic carbocycles. The second-order valence-corrected chi connectivity index (χ2v) is 6.82. The van der Waals surface area contributed by atoms with Gasteiger partial charge in [-0.05, 0) is 56.2 Å². The standard InChI is InChI=1S/C23H24F3N3O3/c1-3-31-19-9-8-16(14-20(19)32-4-2)10-11-27-21-22(30)29(13-12-28-21)18-7-5-6-17(15-18)23(24,25)26/h5-9,12-15H,3-4,10-11H2,1-2H3,(H,27,28). The highest BCUT2D eigenvalue weighted by molar-refractivity contribution is 5.44. The van der Waals surface area contributed by atoms with Gasteiger partial charge in [-0.25, -0.2) is 4.98 Å². The van der Waals surface area contributed by atoms with E-state index in [4.69, 9.17) is 9.47 Å². The Kier molecular flexibility index (Phi) is 7.40. The van der Waals surface area contributed by atoms with Gasteiger partial charge in [0, 0.05) is 24.6 Å². The van der Waals surface area contributed by atoms with Crippen molar-refractivity contribution >= 4 is 5.82 Å². The first-order chi connectivity index (χ1) is 15.3. The maximum atomic E-state index is 13.0. The molecule has 1 N–H and O–H groups in total. The van der Waals surface area contributed by atoms with Crippen LogP contribution in [0.15, 0.2) is 59.7 Å². The lowest BCUT2D eigenvalue weighted by Crippen LogP contribution is -2.24. The average Bonchev–Trinajstić information content (AvgIpc) is 2.76. The highest BCUT2D eigenvalue weighted by atomic mass is 19.4. The van der Waals surface area contributed by atoms with Gasteiger partial charge in [-0.2, -0.15) is 13.2 Å². The summed E-state index contributed by atoms with van der Waals surface area (Å²) >= 11 is 0. The Balaban J connectivity index is 1.74. The zero-order valence-corrected chi connectivity index (χ0v) is 17.8. The first-order valence-corrected chi connectivity index (χ1v) is 10.2. The molecule has 1 aromatic heterocycles. The smallest absolute Gasteiger partial charge is 0.416 e. The number of halogens is 3. The van der Waals surface area contributed by atoms with E-state index in [9.17, 15) is 18.0 Å². The molecular formula is C23H24F3N3O3. The number of nitrogens with zero attached hydrogens (tertiary/aromatic N) is 2. The van der Waals surface area contributed by atoms with E-state index < -0.39 is 17.3 Å². The van der Waals surface area contributed by atoms with Crippen LogP contribution in [0, 0.1) is 0 Å². The molecule has 32 heavy (non-hydrogen) atoms. The van der Waals surface area contributed by atoms with Crippen molar-refractivity contribution in [3.63, 3.8) is 0 Å². The van der Waals surface area contributed by atoms with Crippen molar-refractivity contribution in [2.75, 3.05) is 25.1 Å². The Bertz CT molecular complexity index is 1110. The van der Waals surface area contributed by atoms with Crippen LogP contribution in [0.5, 0.6) is 11.5 Å². The zero-order chi connectivity index (χ0) is 23.1. The van der Waals surface area contributed by atoms with Crippen molar-refractivity contribution < 1.29 is 22.6 Å². The fraction of sp³-hybridized carbons (Fsp3) is 0.304. The summed E-state index contributed by atoms with van der Waals surface area (Å²) in [6, 6.07) is 10.2. The first-order valence-electron chi connectivity index (χ1n) is 10.2. The van der Waals surface area contributed by atoms with Crippen molar-refractivity contribution in [1.82, 2.24) is 9.55 Å². The van der Waals surface area contributed by atoms with Crippen molar-refractivity contribution in [2.24, 2.45) is 0 Å². The third-order valence-corrected chi connectivity index (χ3v) is 4.61. The number of aromatic nitrogens is 2. The molecule has 0 aliphatic carbocycles. The number of benzene rings is 2. The predicted octanol–water partition coefficient (Wildman–Crippen LogP) is 4.70. The Morgan fingerprint density at radius 1 is 1.03 bits per heavy atom. The molecule has 6 nitrogen and oxygen atoms in total. The summed E-state index contributed by atoms with van der Waals surface area (Å²) in [6.45, 7) is 5.21. The van der Waals surface area contributed by atoms with Gasteiger partial charge >= 0.3 is 6.18 Å². The molecular weight excluding hydrogens is 423 g/mol. The van der Waals surface area contributed by atoms with Crippen LogP contribution in [0.25, 0.3) is 5.69 Å². The lowest BCUT2D eigenvalue weighted by molar-refractivity contribution is -0.137. The van der Waals surface area contributed by atoms with Crippen molar-refractivity contribution in [3.8, 4) is 17.2 Å². The summed E-state index contributed by atoms with van der Waals surface area (Å²) in [7, 11) is 0. The van der Waals surface area contributed by atoms with E-state index in [-0.39, 0.29) is 11.5 Å². The Morgan fingerprint density at radius 3 is 2.50 bits per heavy atom. The lowest BCUT2D eigenvalue weighted by Gasteiger charge is -2.13. The minimum absolute atomic E-state index is 0.0564. The van der Waals surface area contributed by atoms with Gasteiger partial charge in [0.25, 0.3) is 5.56 Å². The normalized spacial score (nSPS) is 11.3. The lowest BCUT2D eigenvalue weighted by atomic mass is 10.1. The fourth-order valence-corrected chi connectivity index (χ4v) is 3.14. The maximum Gasteiger partial charge on any atom is 0.416 e. The summed E-state index contributed by atoms with van der Waals surface area (Å²) in [6.07, 6.45) is -1.21. The molecule has 0 atom stereocenters. The number of hydrogen-bond donors (Lipinski definition) is 1. The van der Waals surface area contributed by atoms with Crippen LogP contribution in [0.2, 0.25) is 0 Å². The third-order valence-electron chi connectivity index (χ3n) is 4.61. The van der Waals surface area contributed by atoms with Crippen LogP contribution in [0.4, 0.5) is 19.0 Å². The molecule has 9 heteroatoms. The van der Waals surface area contributed by atoms with Crippen LogP contribution in [0.1, 0.15) is 25.0 Å². The van der Waals surface area contributed by atoms with Gasteiger partial charge in [-0.3, -0.25) is 9.36 Å².